The van der Waals surface area contributed by atoms with Gasteiger partial charge in [0.25, 0.3) is 0 Å². The molecule has 2 aromatic heterocycles. The lowest BCUT2D eigenvalue weighted by Crippen LogP contribution is -2.26. The number of anilines is 3. The molecule has 0 N–H and O–H groups in total. The van der Waals surface area contributed by atoms with Crippen LogP contribution in [0.1, 0.15) is 273 Å². The van der Waals surface area contributed by atoms with Gasteiger partial charge in [-0.1, -0.05) is 397 Å². The standard InChI is InChI=1S/C122H121NO2/c1-11-15-19-23-40-69-121(70-41-24-20-16-12-2)99-51-35-29-46-88(99)91-66-61-84(75-103(91)121)83-60-65-90-89-64-59-82(73-100(89)118(5,6)101(90)74-83)79-55-57-81(58-56-79)97-78-105-109(111-95-48-32-37-53-107(95)124-116(97)111)94-68-63-86(77-104(94)122(105,71-39-22-18-14-4)72-42-25-21-17-13-3)123(106-52-36-31-45-87(106)80-43-27-26-28-44-80)85-62-67-93-102(76-85)120(9,10)114-110(93)112-96-49-33-38-54-108(96)125-117(112)113-92-47-30-34-50-98(92)119(7,8)115(113)114/h26-38,43-68,73-78H,11-25,39-42,69-72H2,1-10H3. The van der Waals surface area contributed by atoms with E-state index in [1.807, 2.05) is 0 Å². The van der Waals surface area contributed by atoms with Crippen molar-refractivity contribution in [1.82, 2.24) is 0 Å². The summed E-state index contributed by atoms with van der Waals surface area (Å²) in [7, 11) is 0. The highest BCUT2D eigenvalue weighted by atomic mass is 16.3. The van der Waals surface area contributed by atoms with Crippen molar-refractivity contribution in [3.63, 3.8) is 0 Å². The van der Waals surface area contributed by atoms with Crippen molar-refractivity contribution < 1.29 is 8.83 Å². The number of fused-ring (bicyclic) bond motifs is 25. The molecule has 5 aliphatic carbocycles. The van der Waals surface area contributed by atoms with Gasteiger partial charge in [0.15, 0.2) is 0 Å². The topological polar surface area (TPSA) is 29.5 Å². The molecule has 3 nitrogen and oxygen atoms in total. The van der Waals surface area contributed by atoms with Crippen LogP contribution in [-0.4, -0.2) is 0 Å². The zero-order valence-corrected chi connectivity index (χ0v) is 75.5. The molecule has 0 fully saturated rings. The highest BCUT2D eigenvalue weighted by Crippen LogP contribution is 2.66. The van der Waals surface area contributed by atoms with E-state index in [1.54, 1.807) is 11.1 Å². The molecule has 14 aromatic carbocycles. The number of unbranched alkanes of at least 4 members (excludes halogenated alkanes) is 15. The zero-order valence-electron chi connectivity index (χ0n) is 75.5. The van der Waals surface area contributed by atoms with E-state index in [9.17, 15) is 0 Å². The van der Waals surface area contributed by atoms with Crippen LogP contribution in [0, 0.1) is 0 Å². The molecule has 1 unspecified atom stereocenters. The minimum Gasteiger partial charge on any atom is -0.455 e. The second-order valence-corrected chi connectivity index (χ2v) is 39.4. The maximum Gasteiger partial charge on any atom is 0.144 e. The normalized spacial score (nSPS) is 15.8. The van der Waals surface area contributed by atoms with Gasteiger partial charge in [-0.2, -0.15) is 0 Å². The zero-order chi connectivity index (χ0) is 85.1. The molecule has 0 bridgehead atoms. The summed E-state index contributed by atoms with van der Waals surface area (Å²) in [5, 5.41) is 4.80. The van der Waals surface area contributed by atoms with Crippen LogP contribution in [0.2, 0.25) is 0 Å². The number of nitrogens with zero attached hydrogens (tertiary/aromatic N) is 1. The fourth-order valence-electron chi connectivity index (χ4n) is 24.7. The molecule has 0 amide bonds. The minimum atomic E-state index is -0.394. The van der Waals surface area contributed by atoms with Gasteiger partial charge in [0, 0.05) is 76.7 Å². The third-order valence-electron chi connectivity index (χ3n) is 31.0. The number of benzene rings is 14. The molecule has 0 saturated heterocycles. The van der Waals surface area contributed by atoms with E-state index in [-0.39, 0.29) is 21.7 Å². The summed E-state index contributed by atoms with van der Waals surface area (Å²) < 4.78 is 14.6. The molecule has 5 aliphatic rings. The van der Waals surface area contributed by atoms with Crippen LogP contribution in [0.5, 0.6) is 0 Å². The molecular formula is C122H121NO2. The molecule has 2 heterocycles. The summed E-state index contributed by atoms with van der Waals surface area (Å²) in [6.45, 7) is 24.2. The van der Waals surface area contributed by atoms with Gasteiger partial charge in [-0.25, -0.2) is 0 Å². The third-order valence-corrected chi connectivity index (χ3v) is 31.0. The Hall–Kier alpha value is -11.5. The van der Waals surface area contributed by atoms with Crippen LogP contribution in [0.25, 0.3) is 144 Å². The number of hydrogen-bond donors (Lipinski definition) is 0. The molecule has 1 atom stereocenters. The highest BCUT2D eigenvalue weighted by molar-refractivity contribution is 6.22. The largest absolute Gasteiger partial charge is 0.455 e. The third kappa shape index (κ3) is 13.0. The summed E-state index contributed by atoms with van der Waals surface area (Å²) in [5.41, 5.74) is 43.8. The SMILES string of the molecule is CCCCCCCC1(CCCCCCC)c2ccccc2-c2ccc(-c3ccc4c(c3)C(C)(C)c3cc(-c5ccc(-c6cc7c(c8c6oc6ccccc68)-c6ccc(N(c8ccc9c(c8)C(C)(C)c8c%10c(c%11oc%12ccccc%12c%11c8-9)-c8ccccc8C%10(C)C)c8ccccc8-c8ccccc8)cc6C7(CCCCCC)CCCCCCC)cc5)ccc3-4)cc21. The first kappa shape index (κ1) is 80.6. The lowest BCUT2D eigenvalue weighted by molar-refractivity contribution is 0.399. The van der Waals surface area contributed by atoms with E-state index in [4.69, 9.17) is 8.83 Å². The molecule has 0 aliphatic heterocycles. The Balaban J connectivity index is 0.674. The number of rotatable bonds is 30. The fourth-order valence-corrected chi connectivity index (χ4v) is 24.7. The Kier molecular flexibility index (Phi) is 20.7. The van der Waals surface area contributed by atoms with Crippen LogP contribution < -0.4 is 4.90 Å². The van der Waals surface area contributed by atoms with E-state index in [1.165, 1.54) is 294 Å². The Morgan fingerprint density at radius 1 is 0.240 bits per heavy atom. The van der Waals surface area contributed by atoms with Crippen LogP contribution in [0.15, 0.2) is 282 Å². The fraction of sp³-hybridized carbons (Fsp3) is 0.311. The first-order valence-corrected chi connectivity index (χ1v) is 48.1. The first-order chi connectivity index (χ1) is 61.1. The van der Waals surface area contributed by atoms with Gasteiger partial charge in [0.05, 0.1) is 5.69 Å². The highest BCUT2D eigenvalue weighted by Gasteiger charge is 2.51. The molecule has 0 saturated carbocycles. The summed E-state index contributed by atoms with van der Waals surface area (Å²) in [5.74, 6) is 0. The molecule has 0 spiro atoms. The second-order valence-electron chi connectivity index (χ2n) is 39.4. The van der Waals surface area contributed by atoms with E-state index in [2.05, 4.69) is 347 Å². The van der Waals surface area contributed by atoms with Crippen LogP contribution in [0.4, 0.5) is 17.1 Å². The smallest absolute Gasteiger partial charge is 0.144 e. The van der Waals surface area contributed by atoms with Gasteiger partial charge in [-0.3, -0.25) is 0 Å². The number of furan rings is 2. The van der Waals surface area contributed by atoms with E-state index < -0.39 is 5.41 Å². The van der Waals surface area contributed by atoms with Crippen LogP contribution in [0.3, 0.4) is 0 Å². The van der Waals surface area contributed by atoms with Gasteiger partial charge < -0.3 is 13.7 Å². The molecular weight excluding hydrogens is 1510 g/mol. The van der Waals surface area contributed by atoms with Gasteiger partial charge in [-0.15, -0.1) is 0 Å². The van der Waals surface area contributed by atoms with Gasteiger partial charge >= 0.3 is 0 Å². The molecule has 3 heteroatoms. The Bertz CT molecular complexity index is 6850. The van der Waals surface area contributed by atoms with E-state index in [0.717, 1.165) is 59.4 Å². The molecule has 0 radical (unpaired) electrons. The predicted octanol–water partition coefficient (Wildman–Crippen LogP) is 36.1. The Morgan fingerprint density at radius 3 is 1.21 bits per heavy atom. The molecule has 626 valence electrons. The summed E-state index contributed by atoms with van der Waals surface area (Å²) in [6, 6.07) is 106. The minimum absolute atomic E-state index is 0.0369. The average molecular weight is 1630 g/mol. The molecule has 125 heavy (non-hydrogen) atoms. The van der Waals surface area contributed by atoms with Gasteiger partial charge in [0.2, 0.25) is 0 Å². The molecule has 21 rings (SSSR count). The number of para-hydroxylation sites is 3. The van der Waals surface area contributed by atoms with Gasteiger partial charge in [-0.05, 0) is 231 Å². The summed E-state index contributed by atoms with van der Waals surface area (Å²) in [6.07, 6.45) is 28.4. The van der Waals surface area contributed by atoms with Crippen LogP contribution >= 0.6 is 0 Å². The van der Waals surface area contributed by atoms with E-state index >= 15 is 0 Å². The first-order valence-electron chi connectivity index (χ1n) is 48.1. The van der Waals surface area contributed by atoms with E-state index in [0.29, 0.717) is 0 Å². The Labute approximate surface area is 742 Å². The van der Waals surface area contributed by atoms with Crippen molar-refractivity contribution in [3.8, 4) is 100 Å². The molecule has 16 aromatic rings. The van der Waals surface area contributed by atoms with Crippen molar-refractivity contribution in [2.24, 2.45) is 0 Å². The van der Waals surface area contributed by atoms with Gasteiger partial charge in [0.1, 0.15) is 22.3 Å². The van der Waals surface area contributed by atoms with Crippen molar-refractivity contribution in [3.05, 3.63) is 329 Å². The van der Waals surface area contributed by atoms with Crippen molar-refractivity contribution in [1.29, 1.82) is 0 Å². The average Bonchev–Trinajstić information content (AvgIpc) is 1.50. The monoisotopic (exact) mass is 1630 g/mol. The number of hydrogen-bond acceptors (Lipinski definition) is 3. The second kappa shape index (κ2) is 32.2. The Morgan fingerprint density at radius 2 is 0.616 bits per heavy atom. The maximum atomic E-state index is 7.42. The lowest BCUT2D eigenvalue weighted by Gasteiger charge is -2.35. The summed E-state index contributed by atoms with van der Waals surface area (Å²) >= 11 is 0. The van der Waals surface area contributed by atoms with Crippen molar-refractivity contribution >= 4 is 60.9 Å². The van der Waals surface area contributed by atoms with Crippen molar-refractivity contribution in [2.45, 2.75) is 244 Å². The van der Waals surface area contributed by atoms with Crippen LogP contribution in [-0.2, 0) is 27.1 Å². The van der Waals surface area contributed by atoms with Crippen molar-refractivity contribution in [2.75, 3.05) is 4.90 Å². The summed E-state index contributed by atoms with van der Waals surface area (Å²) in [4.78, 5) is 2.64. The predicted molar refractivity (Wildman–Crippen MR) is 531 cm³/mol. The maximum absolute atomic E-state index is 7.42. The lowest BCUT2D eigenvalue weighted by atomic mass is 9.70. The quantitative estimate of drug-likeness (QED) is 0.0420.